The predicted octanol–water partition coefficient (Wildman–Crippen LogP) is 2.50. The van der Waals surface area contributed by atoms with Crippen molar-refractivity contribution in [2.45, 2.75) is 20.0 Å². The zero-order valence-electron chi connectivity index (χ0n) is 13.8. The van der Waals surface area contributed by atoms with Crippen LogP contribution in [-0.4, -0.2) is 42.1 Å². The third-order valence-corrected chi connectivity index (χ3v) is 3.61. The molecule has 0 saturated carbocycles. The second-order valence-electron chi connectivity index (χ2n) is 5.55. The van der Waals surface area contributed by atoms with Crippen LogP contribution in [-0.2, 0) is 22.6 Å². The van der Waals surface area contributed by atoms with E-state index in [4.69, 9.17) is 14.3 Å². The van der Waals surface area contributed by atoms with Crippen molar-refractivity contribution in [3.8, 4) is 0 Å². The molecule has 2 aromatic rings. The molecule has 24 heavy (non-hydrogen) atoms. The molecule has 1 aromatic carbocycles. The quantitative estimate of drug-likeness (QED) is 0.752. The lowest BCUT2D eigenvalue weighted by Crippen LogP contribution is -2.31. The predicted molar refractivity (Wildman–Crippen MR) is 87.8 cm³/mol. The molecule has 0 aliphatic rings. The van der Waals surface area contributed by atoms with E-state index in [2.05, 4.69) is 0 Å². The van der Waals surface area contributed by atoms with Crippen LogP contribution in [0.2, 0.25) is 0 Å². The standard InChI is InChI=1S/C18H21NO5/c1-13-11-24-15(10-16(20)21)17(13)18(22)19(2)8-9-23-12-14-6-4-3-5-7-14/h3-7,11H,8-10,12H2,1-2H3,(H,20,21). The van der Waals surface area contributed by atoms with Crippen LogP contribution in [0.15, 0.2) is 41.0 Å². The number of carbonyl (C=O) groups is 2. The molecule has 0 aliphatic heterocycles. The fourth-order valence-corrected chi connectivity index (χ4v) is 2.31. The van der Waals surface area contributed by atoms with Gasteiger partial charge in [0, 0.05) is 19.2 Å². The first-order valence-electron chi connectivity index (χ1n) is 7.65. The number of carboxylic acids is 1. The number of hydrogen-bond donors (Lipinski definition) is 1. The van der Waals surface area contributed by atoms with Gasteiger partial charge in [-0.2, -0.15) is 0 Å². The second-order valence-corrected chi connectivity index (χ2v) is 5.55. The van der Waals surface area contributed by atoms with E-state index in [9.17, 15) is 9.59 Å². The zero-order chi connectivity index (χ0) is 17.5. The van der Waals surface area contributed by atoms with E-state index in [1.165, 1.54) is 11.2 Å². The van der Waals surface area contributed by atoms with Gasteiger partial charge in [-0.3, -0.25) is 9.59 Å². The molecule has 1 heterocycles. The molecular weight excluding hydrogens is 310 g/mol. The number of benzene rings is 1. The van der Waals surface area contributed by atoms with Crippen molar-refractivity contribution in [3.63, 3.8) is 0 Å². The lowest BCUT2D eigenvalue weighted by molar-refractivity contribution is -0.136. The fourth-order valence-electron chi connectivity index (χ4n) is 2.31. The highest BCUT2D eigenvalue weighted by Gasteiger charge is 2.23. The van der Waals surface area contributed by atoms with Crippen LogP contribution in [0.3, 0.4) is 0 Å². The maximum Gasteiger partial charge on any atom is 0.311 e. The average Bonchev–Trinajstić information content (AvgIpc) is 2.91. The lowest BCUT2D eigenvalue weighted by Gasteiger charge is -2.17. The van der Waals surface area contributed by atoms with Gasteiger partial charge in [0.15, 0.2) is 0 Å². The summed E-state index contributed by atoms with van der Waals surface area (Å²) < 4.78 is 10.8. The molecule has 0 unspecified atom stereocenters. The molecule has 0 fully saturated rings. The van der Waals surface area contributed by atoms with Gasteiger partial charge in [-0.1, -0.05) is 30.3 Å². The van der Waals surface area contributed by atoms with Crippen molar-refractivity contribution in [2.75, 3.05) is 20.2 Å². The summed E-state index contributed by atoms with van der Waals surface area (Å²) in [6.45, 7) is 3.00. The summed E-state index contributed by atoms with van der Waals surface area (Å²) in [4.78, 5) is 24.9. The minimum Gasteiger partial charge on any atom is -0.481 e. The van der Waals surface area contributed by atoms with Gasteiger partial charge in [0.1, 0.15) is 12.2 Å². The van der Waals surface area contributed by atoms with E-state index >= 15 is 0 Å². The molecule has 0 bridgehead atoms. The smallest absolute Gasteiger partial charge is 0.311 e. The first-order valence-corrected chi connectivity index (χ1v) is 7.65. The molecule has 1 N–H and O–H groups in total. The van der Waals surface area contributed by atoms with Gasteiger partial charge in [0.05, 0.1) is 25.0 Å². The maximum atomic E-state index is 12.5. The van der Waals surface area contributed by atoms with Crippen molar-refractivity contribution >= 4 is 11.9 Å². The Hall–Kier alpha value is -2.60. The molecule has 1 amide bonds. The first-order chi connectivity index (χ1) is 11.5. The number of carboxylic acid groups (broad SMARTS) is 1. The highest BCUT2D eigenvalue weighted by atomic mass is 16.5. The van der Waals surface area contributed by atoms with Gasteiger partial charge in [-0.25, -0.2) is 0 Å². The van der Waals surface area contributed by atoms with Crippen molar-refractivity contribution in [1.29, 1.82) is 0 Å². The van der Waals surface area contributed by atoms with Crippen LogP contribution >= 0.6 is 0 Å². The summed E-state index contributed by atoms with van der Waals surface area (Å²) >= 11 is 0. The van der Waals surface area contributed by atoms with E-state index in [-0.39, 0.29) is 18.1 Å². The van der Waals surface area contributed by atoms with Gasteiger partial charge in [-0.05, 0) is 12.5 Å². The number of hydrogen-bond acceptors (Lipinski definition) is 4. The van der Waals surface area contributed by atoms with E-state index in [1.807, 2.05) is 30.3 Å². The normalized spacial score (nSPS) is 10.6. The second kappa shape index (κ2) is 8.31. The van der Waals surface area contributed by atoms with E-state index < -0.39 is 5.97 Å². The molecule has 2 rings (SSSR count). The third-order valence-electron chi connectivity index (χ3n) is 3.61. The summed E-state index contributed by atoms with van der Waals surface area (Å²) in [5, 5.41) is 8.90. The van der Waals surface area contributed by atoms with Crippen molar-refractivity contribution in [2.24, 2.45) is 0 Å². The number of carbonyl (C=O) groups excluding carboxylic acids is 1. The van der Waals surface area contributed by atoms with Crippen LogP contribution < -0.4 is 0 Å². The Labute approximate surface area is 140 Å². The van der Waals surface area contributed by atoms with Crippen LogP contribution in [0.25, 0.3) is 0 Å². The van der Waals surface area contributed by atoms with Crippen molar-refractivity contribution in [3.05, 3.63) is 59.0 Å². The maximum absolute atomic E-state index is 12.5. The Morgan fingerprint density at radius 2 is 1.96 bits per heavy atom. The van der Waals surface area contributed by atoms with Crippen LogP contribution in [0.4, 0.5) is 0 Å². The van der Waals surface area contributed by atoms with Gasteiger partial charge >= 0.3 is 5.97 Å². The Morgan fingerprint density at radius 3 is 2.62 bits per heavy atom. The molecule has 0 spiro atoms. The summed E-state index contributed by atoms with van der Waals surface area (Å²) in [5.74, 6) is -1.12. The Balaban J connectivity index is 1.88. The number of amides is 1. The number of likely N-dealkylation sites (N-methyl/N-ethyl adjacent to an activating group) is 1. The molecule has 0 aliphatic carbocycles. The monoisotopic (exact) mass is 331 g/mol. The topological polar surface area (TPSA) is 80.0 Å². The SMILES string of the molecule is Cc1coc(CC(=O)O)c1C(=O)N(C)CCOCc1ccccc1. The minimum absolute atomic E-state index is 0.182. The molecule has 6 heteroatoms. The Morgan fingerprint density at radius 1 is 1.25 bits per heavy atom. The number of rotatable bonds is 8. The Bertz CT molecular complexity index is 693. The molecule has 1 aromatic heterocycles. The highest BCUT2D eigenvalue weighted by Crippen LogP contribution is 2.19. The number of aliphatic carboxylic acids is 1. The largest absolute Gasteiger partial charge is 0.481 e. The van der Waals surface area contributed by atoms with Crippen LogP contribution in [0, 0.1) is 6.92 Å². The van der Waals surface area contributed by atoms with Crippen molar-refractivity contribution in [1.82, 2.24) is 4.90 Å². The lowest BCUT2D eigenvalue weighted by atomic mass is 10.1. The van der Waals surface area contributed by atoms with Crippen molar-refractivity contribution < 1.29 is 23.8 Å². The Kier molecular flexibility index (Phi) is 6.14. The minimum atomic E-state index is -1.03. The number of aryl methyl sites for hydroxylation is 1. The van der Waals surface area contributed by atoms with Gasteiger partial charge in [0.2, 0.25) is 0 Å². The number of nitrogens with zero attached hydrogens (tertiary/aromatic N) is 1. The fraction of sp³-hybridized carbons (Fsp3) is 0.333. The molecule has 128 valence electrons. The first kappa shape index (κ1) is 17.7. The zero-order valence-corrected chi connectivity index (χ0v) is 13.8. The highest BCUT2D eigenvalue weighted by molar-refractivity contribution is 5.97. The molecular formula is C18H21NO5. The van der Waals surface area contributed by atoms with Gasteiger partial charge in [0.25, 0.3) is 5.91 Å². The third kappa shape index (κ3) is 4.70. The number of furan rings is 1. The molecule has 0 atom stereocenters. The number of ether oxygens (including phenoxy) is 1. The van der Waals surface area contributed by atoms with E-state index in [0.717, 1.165) is 5.56 Å². The van der Waals surface area contributed by atoms with Gasteiger partial charge < -0.3 is 19.2 Å². The summed E-state index contributed by atoms with van der Waals surface area (Å²) in [5.41, 5.74) is 2.03. The molecule has 0 radical (unpaired) electrons. The van der Waals surface area contributed by atoms with Crippen LogP contribution in [0.5, 0.6) is 0 Å². The molecule has 6 nitrogen and oxygen atoms in total. The summed E-state index contributed by atoms with van der Waals surface area (Å²) in [6.07, 6.45) is 1.10. The summed E-state index contributed by atoms with van der Waals surface area (Å²) in [6, 6.07) is 9.78. The van der Waals surface area contributed by atoms with E-state index in [0.29, 0.717) is 30.9 Å². The van der Waals surface area contributed by atoms with Gasteiger partial charge in [-0.15, -0.1) is 0 Å². The van der Waals surface area contributed by atoms with E-state index in [1.54, 1.807) is 14.0 Å². The molecule has 0 saturated heterocycles. The van der Waals surface area contributed by atoms with Crippen LogP contribution in [0.1, 0.15) is 27.2 Å². The summed E-state index contributed by atoms with van der Waals surface area (Å²) in [7, 11) is 1.66. The average molecular weight is 331 g/mol.